The van der Waals surface area contributed by atoms with Gasteiger partial charge in [0.15, 0.2) is 0 Å². The summed E-state index contributed by atoms with van der Waals surface area (Å²) in [6.45, 7) is 2.24. The SMILES string of the molecule is CC1CC1(CNC(=O)c1cccc(O)c1)c1ccc(F)cc1F. The highest BCUT2D eigenvalue weighted by Gasteiger charge is 2.53. The lowest BCUT2D eigenvalue weighted by molar-refractivity contribution is 0.0948. The minimum atomic E-state index is -0.613. The predicted octanol–water partition coefficient (Wildman–Crippen LogP) is 3.38. The molecule has 0 bridgehead atoms. The summed E-state index contributed by atoms with van der Waals surface area (Å²) in [4.78, 5) is 12.2. The zero-order valence-corrected chi connectivity index (χ0v) is 12.6. The molecule has 3 rings (SSSR count). The summed E-state index contributed by atoms with van der Waals surface area (Å²) in [5, 5.41) is 12.2. The maximum absolute atomic E-state index is 14.1. The summed E-state index contributed by atoms with van der Waals surface area (Å²) in [5.41, 5.74) is 0.278. The fraction of sp³-hybridized carbons (Fsp3) is 0.278. The van der Waals surface area contributed by atoms with Gasteiger partial charge in [-0.2, -0.15) is 0 Å². The van der Waals surface area contributed by atoms with Crippen LogP contribution in [0.4, 0.5) is 8.78 Å². The van der Waals surface area contributed by atoms with Gasteiger partial charge in [-0.15, -0.1) is 0 Å². The van der Waals surface area contributed by atoms with Crippen molar-refractivity contribution < 1.29 is 18.7 Å². The molecular formula is C18H17F2NO2. The number of aromatic hydroxyl groups is 1. The number of benzene rings is 2. The molecule has 23 heavy (non-hydrogen) atoms. The number of phenols is 1. The van der Waals surface area contributed by atoms with Gasteiger partial charge < -0.3 is 10.4 Å². The molecule has 0 spiro atoms. The molecule has 1 amide bonds. The summed E-state index contributed by atoms with van der Waals surface area (Å²) in [5.74, 6) is -1.31. The maximum atomic E-state index is 14.1. The van der Waals surface area contributed by atoms with E-state index < -0.39 is 17.0 Å². The Morgan fingerprint density at radius 1 is 1.30 bits per heavy atom. The van der Waals surface area contributed by atoms with Crippen LogP contribution in [0.15, 0.2) is 42.5 Å². The van der Waals surface area contributed by atoms with Crippen molar-refractivity contribution in [3.05, 3.63) is 65.2 Å². The van der Waals surface area contributed by atoms with Crippen LogP contribution in [0.1, 0.15) is 29.3 Å². The number of hydrogen-bond donors (Lipinski definition) is 2. The van der Waals surface area contributed by atoms with E-state index in [1.54, 1.807) is 12.1 Å². The van der Waals surface area contributed by atoms with Crippen LogP contribution in [0.5, 0.6) is 5.75 Å². The molecule has 1 aliphatic rings. The monoisotopic (exact) mass is 317 g/mol. The van der Waals surface area contributed by atoms with E-state index in [2.05, 4.69) is 5.32 Å². The van der Waals surface area contributed by atoms with Gasteiger partial charge in [0.2, 0.25) is 0 Å². The largest absolute Gasteiger partial charge is 0.508 e. The van der Waals surface area contributed by atoms with Crippen molar-refractivity contribution >= 4 is 5.91 Å². The Morgan fingerprint density at radius 2 is 2.04 bits per heavy atom. The number of carbonyl (C=O) groups excluding carboxylic acids is 1. The number of nitrogens with one attached hydrogen (secondary N) is 1. The summed E-state index contributed by atoms with van der Waals surface area (Å²) >= 11 is 0. The van der Waals surface area contributed by atoms with Gasteiger partial charge in [-0.25, -0.2) is 8.78 Å². The highest BCUT2D eigenvalue weighted by Crippen LogP contribution is 2.54. The molecule has 5 heteroatoms. The number of halogens is 2. The number of hydrogen-bond acceptors (Lipinski definition) is 2. The Hall–Kier alpha value is -2.43. The first kappa shape index (κ1) is 15.5. The van der Waals surface area contributed by atoms with Crippen molar-refractivity contribution in [2.75, 3.05) is 6.54 Å². The smallest absolute Gasteiger partial charge is 0.251 e. The van der Waals surface area contributed by atoms with E-state index in [1.165, 1.54) is 24.3 Å². The average Bonchev–Trinajstić information content (AvgIpc) is 3.16. The molecule has 1 aliphatic carbocycles. The molecule has 2 atom stereocenters. The molecule has 0 aromatic heterocycles. The molecule has 120 valence electrons. The second-order valence-corrected chi connectivity index (χ2v) is 6.12. The third-order valence-corrected chi connectivity index (χ3v) is 4.59. The molecule has 0 heterocycles. The van der Waals surface area contributed by atoms with Crippen molar-refractivity contribution in [2.45, 2.75) is 18.8 Å². The number of amides is 1. The van der Waals surface area contributed by atoms with Crippen LogP contribution in [0.2, 0.25) is 0 Å². The van der Waals surface area contributed by atoms with Crippen LogP contribution in [-0.2, 0) is 5.41 Å². The van der Waals surface area contributed by atoms with Crippen LogP contribution in [0, 0.1) is 17.6 Å². The van der Waals surface area contributed by atoms with Crippen molar-refractivity contribution in [1.82, 2.24) is 5.32 Å². The van der Waals surface area contributed by atoms with Gasteiger partial charge in [-0.1, -0.05) is 19.1 Å². The first-order valence-electron chi connectivity index (χ1n) is 7.45. The average molecular weight is 317 g/mol. The lowest BCUT2D eigenvalue weighted by atomic mass is 9.92. The van der Waals surface area contributed by atoms with Gasteiger partial charge in [0.25, 0.3) is 5.91 Å². The minimum Gasteiger partial charge on any atom is -0.508 e. The van der Waals surface area contributed by atoms with Gasteiger partial charge >= 0.3 is 0 Å². The lowest BCUT2D eigenvalue weighted by Gasteiger charge is -2.19. The van der Waals surface area contributed by atoms with E-state index in [1.807, 2.05) is 6.92 Å². The molecule has 2 unspecified atom stereocenters. The minimum absolute atomic E-state index is 0.0109. The van der Waals surface area contributed by atoms with E-state index in [0.717, 1.165) is 12.5 Å². The van der Waals surface area contributed by atoms with Crippen LogP contribution < -0.4 is 5.32 Å². The zero-order chi connectivity index (χ0) is 16.6. The molecule has 0 radical (unpaired) electrons. The Balaban J connectivity index is 1.77. The second kappa shape index (κ2) is 5.65. The Bertz CT molecular complexity index is 762. The third kappa shape index (κ3) is 2.91. The highest BCUT2D eigenvalue weighted by atomic mass is 19.1. The van der Waals surface area contributed by atoms with Crippen molar-refractivity contribution in [3.8, 4) is 5.75 Å². The van der Waals surface area contributed by atoms with Crippen molar-refractivity contribution in [2.24, 2.45) is 5.92 Å². The van der Waals surface area contributed by atoms with Crippen molar-refractivity contribution in [3.63, 3.8) is 0 Å². The molecule has 0 saturated heterocycles. The van der Waals surface area contributed by atoms with Gasteiger partial charge in [-0.05, 0) is 42.2 Å². The van der Waals surface area contributed by atoms with Gasteiger partial charge in [0, 0.05) is 23.6 Å². The lowest BCUT2D eigenvalue weighted by Crippen LogP contribution is -2.33. The zero-order valence-electron chi connectivity index (χ0n) is 12.6. The second-order valence-electron chi connectivity index (χ2n) is 6.12. The standard InChI is InChI=1S/C18H17F2NO2/c1-11-9-18(11,15-6-5-13(19)8-16(15)20)10-21-17(23)12-3-2-4-14(22)7-12/h2-8,11,22H,9-10H2,1H3,(H,21,23). The summed E-state index contributed by atoms with van der Waals surface area (Å²) in [6, 6.07) is 9.60. The molecule has 1 saturated carbocycles. The van der Waals surface area contributed by atoms with Crippen LogP contribution in [0.25, 0.3) is 0 Å². The Kier molecular flexibility index (Phi) is 3.80. The van der Waals surface area contributed by atoms with Gasteiger partial charge in [0.1, 0.15) is 17.4 Å². The van der Waals surface area contributed by atoms with Gasteiger partial charge in [0.05, 0.1) is 0 Å². The fourth-order valence-electron chi connectivity index (χ4n) is 3.08. The molecule has 2 aromatic rings. The quantitative estimate of drug-likeness (QED) is 0.908. The third-order valence-electron chi connectivity index (χ3n) is 4.59. The Labute approximate surface area is 133 Å². The van der Waals surface area contributed by atoms with E-state index in [-0.39, 0.29) is 24.1 Å². The van der Waals surface area contributed by atoms with E-state index in [9.17, 15) is 18.7 Å². The van der Waals surface area contributed by atoms with E-state index >= 15 is 0 Å². The molecule has 0 aliphatic heterocycles. The number of carbonyl (C=O) groups is 1. The normalized spacial score (nSPS) is 22.7. The Morgan fingerprint density at radius 3 is 2.65 bits per heavy atom. The summed E-state index contributed by atoms with van der Waals surface area (Å²) in [7, 11) is 0. The van der Waals surface area contributed by atoms with Gasteiger partial charge in [-0.3, -0.25) is 4.79 Å². The molecule has 3 nitrogen and oxygen atoms in total. The molecule has 2 N–H and O–H groups in total. The van der Waals surface area contributed by atoms with Crippen LogP contribution >= 0.6 is 0 Å². The topological polar surface area (TPSA) is 49.3 Å². The number of rotatable bonds is 4. The maximum Gasteiger partial charge on any atom is 0.251 e. The van der Waals surface area contributed by atoms with E-state index in [4.69, 9.17) is 0 Å². The highest BCUT2D eigenvalue weighted by molar-refractivity contribution is 5.94. The first-order chi connectivity index (χ1) is 10.9. The molecular weight excluding hydrogens is 300 g/mol. The van der Waals surface area contributed by atoms with Crippen molar-refractivity contribution in [1.29, 1.82) is 0 Å². The van der Waals surface area contributed by atoms with E-state index in [0.29, 0.717) is 11.1 Å². The van der Waals surface area contributed by atoms with Crippen LogP contribution in [-0.4, -0.2) is 17.6 Å². The first-order valence-corrected chi connectivity index (χ1v) is 7.45. The predicted molar refractivity (Wildman–Crippen MR) is 82.3 cm³/mol. The summed E-state index contributed by atoms with van der Waals surface area (Å²) in [6.07, 6.45) is 0.732. The number of phenolic OH excluding ortho intramolecular Hbond substituents is 1. The molecule has 1 fully saturated rings. The fourth-order valence-corrected chi connectivity index (χ4v) is 3.08. The van der Waals surface area contributed by atoms with Crippen LogP contribution in [0.3, 0.4) is 0 Å². The summed E-state index contributed by atoms with van der Waals surface area (Å²) < 4.78 is 27.2. The molecule has 2 aromatic carbocycles.